The molecule has 8 heteroatoms. The van der Waals surface area contributed by atoms with E-state index in [0.717, 1.165) is 18.9 Å². The Morgan fingerprint density at radius 3 is 2.33 bits per heavy atom. The number of hydrogen-bond acceptors (Lipinski definition) is 3. The molecule has 0 aromatic carbocycles. The fourth-order valence-corrected chi connectivity index (χ4v) is 2.04. The fourth-order valence-electron chi connectivity index (χ4n) is 1.85. The Bertz CT molecular complexity index is 433. The third-order valence-corrected chi connectivity index (χ3v) is 3.02. The summed E-state index contributed by atoms with van der Waals surface area (Å²) in [6, 6.07) is 0.965. The molecule has 1 saturated heterocycles. The zero-order valence-electron chi connectivity index (χ0n) is 9.39. The summed E-state index contributed by atoms with van der Waals surface area (Å²) < 4.78 is 38.1. The molecule has 18 heavy (non-hydrogen) atoms. The smallest absolute Gasteiger partial charge is 0.412 e. The summed E-state index contributed by atoms with van der Waals surface area (Å²) in [6.07, 6.45) is -2.61. The molecule has 102 valence electrons. The highest BCUT2D eigenvalue weighted by atomic mass is 35.5. The van der Waals surface area contributed by atoms with Crippen LogP contribution in [0.25, 0.3) is 0 Å². The van der Waals surface area contributed by atoms with Crippen molar-refractivity contribution in [2.75, 3.05) is 23.7 Å². The minimum Gasteiger partial charge on any atom is -0.412 e. The molecular formula is C10H13ClF3N3O. The van der Waals surface area contributed by atoms with Crippen LogP contribution in [0, 0.1) is 0 Å². The Kier molecular flexibility index (Phi) is 4.28. The predicted octanol–water partition coefficient (Wildman–Crippen LogP) is 2.11. The molecule has 1 aromatic rings. The maximum absolute atomic E-state index is 12.7. The van der Waals surface area contributed by atoms with E-state index < -0.39 is 17.4 Å². The van der Waals surface area contributed by atoms with Gasteiger partial charge in [0.2, 0.25) is 0 Å². The second kappa shape index (κ2) is 5.19. The number of hydrogen-bond donors (Lipinski definition) is 1. The van der Waals surface area contributed by atoms with Gasteiger partial charge in [0.25, 0.3) is 0 Å². The van der Waals surface area contributed by atoms with Crippen molar-refractivity contribution in [1.29, 1.82) is 0 Å². The Morgan fingerprint density at radius 1 is 1.28 bits per heavy atom. The average molecular weight is 284 g/mol. The molecule has 0 unspecified atom stereocenters. The van der Waals surface area contributed by atoms with Gasteiger partial charge in [0, 0.05) is 13.1 Å². The molecule has 0 amide bonds. The summed E-state index contributed by atoms with van der Waals surface area (Å²) in [6.45, 7) is 1.40. The molecule has 0 radical (unpaired) electrons. The zero-order chi connectivity index (χ0) is 12.6. The van der Waals surface area contributed by atoms with Crippen LogP contribution >= 0.6 is 11.6 Å². The van der Waals surface area contributed by atoms with Crippen molar-refractivity contribution >= 4 is 23.1 Å². The molecule has 0 atom stereocenters. The van der Waals surface area contributed by atoms with E-state index in [2.05, 4.69) is 4.98 Å². The first-order chi connectivity index (χ1) is 7.89. The minimum atomic E-state index is -4.51. The van der Waals surface area contributed by atoms with Crippen molar-refractivity contribution in [1.82, 2.24) is 4.98 Å². The fraction of sp³-hybridized carbons (Fsp3) is 0.500. The van der Waals surface area contributed by atoms with Crippen molar-refractivity contribution in [2.45, 2.75) is 19.0 Å². The number of nitrogens with two attached hydrogens (primary N) is 1. The molecule has 2 heterocycles. The van der Waals surface area contributed by atoms with Crippen molar-refractivity contribution < 1.29 is 18.6 Å². The lowest BCUT2D eigenvalue weighted by atomic mass is 10.2. The molecule has 1 aromatic heterocycles. The summed E-state index contributed by atoms with van der Waals surface area (Å²) in [5, 5.41) is -0.290. The van der Waals surface area contributed by atoms with Gasteiger partial charge in [0.1, 0.15) is 5.82 Å². The molecule has 1 aliphatic heterocycles. The summed E-state index contributed by atoms with van der Waals surface area (Å²) in [4.78, 5) is 5.67. The van der Waals surface area contributed by atoms with E-state index in [1.165, 1.54) is 0 Å². The van der Waals surface area contributed by atoms with Crippen LogP contribution in [0.1, 0.15) is 18.4 Å². The first-order valence-corrected chi connectivity index (χ1v) is 5.55. The van der Waals surface area contributed by atoms with E-state index in [0.29, 0.717) is 13.1 Å². The van der Waals surface area contributed by atoms with E-state index in [9.17, 15) is 13.2 Å². The summed E-state index contributed by atoms with van der Waals surface area (Å²) in [5.74, 6) is 0.244. The third kappa shape index (κ3) is 2.78. The predicted molar refractivity (Wildman–Crippen MR) is 63.7 cm³/mol. The highest BCUT2D eigenvalue weighted by Crippen LogP contribution is 2.38. The third-order valence-electron chi connectivity index (χ3n) is 2.73. The normalized spacial score (nSPS) is 15.7. The molecule has 2 rings (SSSR count). The quantitative estimate of drug-likeness (QED) is 0.802. The number of nitrogen functional groups attached to an aromatic ring is 1. The van der Waals surface area contributed by atoms with Crippen LogP contribution in [0.3, 0.4) is 0 Å². The van der Waals surface area contributed by atoms with E-state index in [1.807, 2.05) is 0 Å². The van der Waals surface area contributed by atoms with Gasteiger partial charge >= 0.3 is 6.18 Å². The Labute approximate surface area is 107 Å². The first-order valence-electron chi connectivity index (χ1n) is 5.18. The molecule has 4 N–H and O–H groups in total. The maximum atomic E-state index is 12.7. The number of pyridine rings is 1. The van der Waals surface area contributed by atoms with Gasteiger partial charge < -0.3 is 16.1 Å². The standard InChI is InChI=1S/C10H11ClF3N3.H2O/c11-9-8(15)6(10(12,13)14)5-7(16-9)17-3-1-2-4-17;/h5H,1-4,15H2;1H2. The molecule has 1 aliphatic rings. The Hall–Kier alpha value is -1.21. The van der Waals surface area contributed by atoms with Gasteiger partial charge in [0.05, 0.1) is 11.3 Å². The van der Waals surface area contributed by atoms with E-state index in [1.54, 1.807) is 4.90 Å². The van der Waals surface area contributed by atoms with E-state index in [-0.39, 0.29) is 16.4 Å². The van der Waals surface area contributed by atoms with Gasteiger partial charge in [-0.1, -0.05) is 11.6 Å². The van der Waals surface area contributed by atoms with Crippen LogP contribution in [0.5, 0.6) is 0 Å². The van der Waals surface area contributed by atoms with Crippen LogP contribution < -0.4 is 10.6 Å². The minimum absolute atomic E-state index is 0. The topological polar surface area (TPSA) is 73.7 Å². The SMILES string of the molecule is Nc1c(C(F)(F)F)cc(N2CCCC2)nc1Cl.O. The number of anilines is 2. The zero-order valence-corrected chi connectivity index (χ0v) is 10.1. The average Bonchev–Trinajstić information content (AvgIpc) is 2.73. The largest absolute Gasteiger partial charge is 0.418 e. The van der Waals surface area contributed by atoms with Crippen molar-refractivity contribution in [2.24, 2.45) is 0 Å². The molecule has 0 saturated carbocycles. The lowest BCUT2D eigenvalue weighted by molar-refractivity contribution is -0.136. The number of rotatable bonds is 1. The number of nitrogens with zero attached hydrogens (tertiary/aromatic N) is 2. The van der Waals surface area contributed by atoms with Crippen LogP contribution in [0.4, 0.5) is 24.7 Å². The van der Waals surface area contributed by atoms with E-state index in [4.69, 9.17) is 17.3 Å². The number of halogens is 4. The Morgan fingerprint density at radius 2 is 1.83 bits per heavy atom. The van der Waals surface area contributed by atoms with Gasteiger partial charge in [-0.15, -0.1) is 0 Å². The van der Waals surface area contributed by atoms with Gasteiger partial charge in [-0.3, -0.25) is 0 Å². The summed E-state index contributed by atoms with van der Waals surface area (Å²) in [5.41, 5.74) is 3.87. The highest BCUT2D eigenvalue weighted by Gasteiger charge is 2.35. The lowest BCUT2D eigenvalue weighted by Gasteiger charge is -2.19. The van der Waals surface area contributed by atoms with Crippen LogP contribution in [0.15, 0.2) is 6.07 Å². The first kappa shape index (κ1) is 14.8. The molecular weight excluding hydrogens is 271 g/mol. The van der Waals surface area contributed by atoms with Gasteiger partial charge in [0.15, 0.2) is 5.15 Å². The van der Waals surface area contributed by atoms with Crippen LogP contribution in [-0.2, 0) is 6.18 Å². The van der Waals surface area contributed by atoms with Crippen LogP contribution in [-0.4, -0.2) is 23.5 Å². The molecule has 4 nitrogen and oxygen atoms in total. The number of aromatic nitrogens is 1. The van der Waals surface area contributed by atoms with Gasteiger partial charge in [-0.2, -0.15) is 13.2 Å². The molecule has 0 aliphatic carbocycles. The van der Waals surface area contributed by atoms with Crippen molar-refractivity contribution in [3.63, 3.8) is 0 Å². The maximum Gasteiger partial charge on any atom is 0.418 e. The van der Waals surface area contributed by atoms with Crippen molar-refractivity contribution in [3.05, 3.63) is 16.8 Å². The number of alkyl halides is 3. The second-order valence-electron chi connectivity index (χ2n) is 3.92. The van der Waals surface area contributed by atoms with Gasteiger partial charge in [-0.05, 0) is 18.9 Å². The molecule has 0 bridgehead atoms. The molecule has 0 spiro atoms. The van der Waals surface area contributed by atoms with E-state index >= 15 is 0 Å². The molecule has 1 fully saturated rings. The lowest BCUT2D eigenvalue weighted by Crippen LogP contribution is -2.21. The van der Waals surface area contributed by atoms with Gasteiger partial charge in [-0.25, -0.2) is 4.98 Å². The highest BCUT2D eigenvalue weighted by molar-refractivity contribution is 6.32. The van der Waals surface area contributed by atoms with Crippen LogP contribution in [0.2, 0.25) is 5.15 Å². The second-order valence-corrected chi connectivity index (χ2v) is 4.28. The Balaban J connectivity index is 0.00000162. The van der Waals surface area contributed by atoms with Crippen molar-refractivity contribution in [3.8, 4) is 0 Å². The monoisotopic (exact) mass is 283 g/mol. The summed E-state index contributed by atoms with van der Waals surface area (Å²) >= 11 is 5.64. The summed E-state index contributed by atoms with van der Waals surface area (Å²) in [7, 11) is 0.